The van der Waals surface area contributed by atoms with Gasteiger partial charge in [0.2, 0.25) is 0 Å². The number of hydrogen-bond acceptors (Lipinski definition) is 4. The van der Waals surface area contributed by atoms with Gasteiger partial charge in [0.1, 0.15) is 16.8 Å². The summed E-state index contributed by atoms with van der Waals surface area (Å²) in [5, 5.41) is -0.480. The molecule has 0 amide bonds. The summed E-state index contributed by atoms with van der Waals surface area (Å²) in [6.45, 7) is 9.60. The molecular weight excluding hydrogens is 312 g/mol. The number of amidine groups is 1. The molecule has 1 heterocycles. The summed E-state index contributed by atoms with van der Waals surface area (Å²) in [7, 11) is -1.86. The fourth-order valence-electron chi connectivity index (χ4n) is 4.30. The maximum absolute atomic E-state index is 12.6. The van der Waals surface area contributed by atoms with Crippen molar-refractivity contribution in [2.24, 2.45) is 9.81 Å². The molecule has 1 aromatic carbocycles. The number of benzene rings is 1. The Balaban J connectivity index is 2.19. The van der Waals surface area contributed by atoms with E-state index in [2.05, 4.69) is 9.30 Å². The van der Waals surface area contributed by atoms with E-state index < -0.39 is 20.7 Å². The van der Waals surface area contributed by atoms with E-state index in [-0.39, 0.29) is 5.41 Å². The monoisotopic (exact) mass is 336 g/mol. The van der Waals surface area contributed by atoms with Crippen molar-refractivity contribution in [2.75, 3.05) is 20.2 Å². The molecule has 1 aromatic rings. The highest BCUT2D eigenvalue weighted by Gasteiger charge is 2.83. The maximum atomic E-state index is 12.6. The van der Waals surface area contributed by atoms with Gasteiger partial charge in [-0.3, -0.25) is 0 Å². The van der Waals surface area contributed by atoms with Crippen molar-refractivity contribution >= 4 is 15.9 Å². The lowest BCUT2D eigenvalue weighted by Gasteiger charge is -2.30. The third kappa shape index (κ3) is 1.90. The van der Waals surface area contributed by atoms with E-state index in [4.69, 9.17) is 4.74 Å². The second-order valence-corrected chi connectivity index (χ2v) is 8.42. The van der Waals surface area contributed by atoms with E-state index in [1.807, 2.05) is 52.0 Å². The van der Waals surface area contributed by atoms with Crippen LogP contribution < -0.4 is 4.74 Å². The largest absolute Gasteiger partial charge is 0.497 e. The van der Waals surface area contributed by atoms with Crippen LogP contribution in [0.25, 0.3) is 0 Å². The number of hydrogen-bond donors (Lipinski definition) is 0. The van der Waals surface area contributed by atoms with Crippen molar-refractivity contribution in [3.63, 3.8) is 0 Å². The van der Waals surface area contributed by atoms with E-state index in [1.165, 1.54) is 0 Å². The van der Waals surface area contributed by atoms with Crippen LogP contribution in [0.2, 0.25) is 0 Å². The van der Waals surface area contributed by atoms with Crippen molar-refractivity contribution in [3.8, 4) is 5.75 Å². The second-order valence-electron chi connectivity index (χ2n) is 6.74. The van der Waals surface area contributed by atoms with Crippen LogP contribution in [0.15, 0.2) is 28.7 Å². The zero-order chi connectivity index (χ0) is 17.0. The van der Waals surface area contributed by atoms with Gasteiger partial charge in [-0.15, -0.1) is 4.40 Å². The van der Waals surface area contributed by atoms with Gasteiger partial charge in [0, 0.05) is 18.5 Å². The Bertz CT molecular complexity index is 749. The van der Waals surface area contributed by atoms with Crippen LogP contribution in [0.1, 0.15) is 33.3 Å². The van der Waals surface area contributed by atoms with Gasteiger partial charge in [0.15, 0.2) is 0 Å². The van der Waals surface area contributed by atoms with E-state index in [1.54, 1.807) is 7.11 Å². The summed E-state index contributed by atoms with van der Waals surface area (Å²) in [5.41, 5.74) is 0.0875. The van der Waals surface area contributed by atoms with Gasteiger partial charge < -0.3 is 9.64 Å². The molecule has 1 aliphatic carbocycles. The standard InChI is InChI=1S/C17H24N2O3S/c1-6-19(7-2)15-17(12-8-10-13(22-5)11-9-12)14(16(17,3)4)23(20,21)18-15/h8-11,14H,6-7H2,1-5H3. The van der Waals surface area contributed by atoms with E-state index >= 15 is 0 Å². The summed E-state index contributed by atoms with van der Waals surface area (Å²) in [4.78, 5) is 2.07. The van der Waals surface area contributed by atoms with E-state index in [0.29, 0.717) is 5.84 Å². The molecular formula is C17H24N2O3S. The number of sulfonamides is 1. The van der Waals surface area contributed by atoms with Crippen LogP contribution in [0, 0.1) is 5.41 Å². The zero-order valence-electron chi connectivity index (χ0n) is 14.3. The van der Waals surface area contributed by atoms with Gasteiger partial charge in [-0.05, 0) is 31.5 Å². The van der Waals surface area contributed by atoms with Crippen LogP contribution in [0.3, 0.4) is 0 Å². The second kappa shape index (κ2) is 4.97. The maximum Gasteiger partial charge on any atom is 0.259 e. The molecule has 2 unspecified atom stereocenters. The normalized spacial score (nSPS) is 29.6. The number of rotatable bonds is 4. The van der Waals surface area contributed by atoms with Crippen LogP contribution >= 0.6 is 0 Å². The van der Waals surface area contributed by atoms with Crippen LogP contribution in [0.5, 0.6) is 5.75 Å². The third-order valence-corrected chi connectivity index (χ3v) is 7.42. The Morgan fingerprint density at radius 3 is 2.17 bits per heavy atom. The van der Waals surface area contributed by atoms with Crippen molar-refractivity contribution in [2.45, 2.75) is 38.4 Å². The number of methoxy groups -OCH3 is 1. The van der Waals surface area contributed by atoms with Crippen LogP contribution in [-0.2, 0) is 15.4 Å². The SMILES string of the molecule is CCN(CC)C1=NS(=O)(=O)C2C(C)(C)C12c1ccc(OC)cc1. The molecule has 0 radical (unpaired) electrons. The van der Waals surface area contributed by atoms with Gasteiger partial charge in [-0.2, -0.15) is 0 Å². The number of likely N-dealkylation sites (N-methyl/N-ethyl adjacent to an activating group) is 1. The minimum atomic E-state index is -3.48. The Morgan fingerprint density at radius 1 is 1.17 bits per heavy atom. The van der Waals surface area contributed by atoms with Gasteiger partial charge in [0.25, 0.3) is 10.0 Å². The first-order valence-electron chi connectivity index (χ1n) is 8.01. The van der Waals surface area contributed by atoms with E-state index in [9.17, 15) is 8.42 Å². The molecule has 0 bridgehead atoms. The molecule has 6 heteroatoms. The Hall–Kier alpha value is -1.56. The van der Waals surface area contributed by atoms with Crippen molar-refractivity contribution in [3.05, 3.63) is 29.8 Å². The molecule has 1 fully saturated rings. The highest BCUT2D eigenvalue weighted by molar-refractivity contribution is 7.91. The molecule has 0 aromatic heterocycles. The average Bonchev–Trinajstić information content (AvgIpc) is 2.93. The lowest BCUT2D eigenvalue weighted by atomic mass is 9.86. The molecule has 1 saturated carbocycles. The van der Waals surface area contributed by atoms with Crippen LogP contribution in [0.4, 0.5) is 0 Å². The Kier molecular flexibility index (Phi) is 3.52. The van der Waals surface area contributed by atoms with Crippen LogP contribution in [-0.4, -0.2) is 44.6 Å². The fraction of sp³-hybridized carbons (Fsp3) is 0.588. The molecule has 126 valence electrons. The molecule has 5 nitrogen and oxygen atoms in total. The molecule has 2 atom stereocenters. The molecule has 0 N–H and O–H groups in total. The number of fused-ring (bicyclic) bond motifs is 1. The lowest BCUT2D eigenvalue weighted by molar-refractivity contribution is 0.413. The predicted molar refractivity (Wildman–Crippen MR) is 91.5 cm³/mol. The average molecular weight is 336 g/mol. The molecule has 0 saturated heterocycles. The third-order valence-electron chi connectivity index (χ3n) is 5.45. The first-order chi connectivity index (χ1) is 10.8. The van der Waals surface area contributed by atoms with Crippen molar-refractivity contribution in [1.29, 1.82) is 0 Å². The zero-order valence-corrected chi connectivity index (χ0v) is 15.1. The first kappa shape index (κ1) is 16.3. The fourth-order valence-corrected chi connectivity index (χ4v) is 6.76. The smallest absolute Gasteiger partial charge is 0.259 e. The highest BCUT2D eigenvalue weighted by Crippen LogP contribution is 2.71. The molecule has 1 aliphatic heterocycles. The lowest BCUT2D eigenvalue weighted by Crippen LogP contribution is -2.41. The van der Waals surface area contributed by atoms with Gasteiger partial charge in [0.05, 0.1) is 12.5 Å². The van der Waals surface area contributed by atoms with E-state index in [0.717, 1.165) is 24.4 Å². The van der Waals surface area contributed by atoms with Crippen molar-refractivity contribution in [1.82, 2.24) is 4.90 Å². The summed E-state index contributed by atoms with van der Waals surface area (Å²) >= 11 is 0. The topological polar surface area (TPSA) is 59.0 Å². The quantitative estimate of drug-likeness (QED) is 0.847. The molecule has 23 heavy (non-hydrogen) atoms. The van der Waals surface area contributed by atoms with Gasteiger partial charge in [-0.1, -0.05) is 26.0 Å². The summed E-state index contributed by atoms with van der Waals surface area (Å²) in [5.74, 6) is 1.46. The van der Waals surface area contributed by atoms with Crippen molar-refractivity contribution < 1.29 is 13.2 Å². The minimum Gasteiger partial charge on any atom is -0.497 e. The minimum absolute atomic E-state index is 0.361. The van der Waals surface area contributed by atoms with Gasteiger partial charge >= 0.3 is 0 Å². The molecule has 2 aliphatic rings. The summed E-state index contributed by atoms with van der Waals surface area (Å²) < 4.78 is 34.6. The molecule has 0 spiro atoms. The first-order valence-corrected chi connectivity index (χ1v) is 9.51. The summed E-state index contributed by atoms with van der Waals surface area (Å²) in [6, 6.07) is 7.72. The van der Waals surface area contributed by atoms with Gasteiger partial charge in [-0.25, -0.2) is 8.42 Å². The summed E-state index contributed by atoms with van der Waals surface area (Å²) in [6.07, 6.45) is 0. The Labute approximate surface area is 138 Å². The highest BCUT2D eigenvalue weighted by atomic mass is 32.2. The number of ether oxygens (including phenoxy) is 1. The number of nitrogens with zero attached hydrogens (tertiary/aromatic N) is 2. The molecule has 3 rings (SSSR count). The Morgan fingerprint density at radius 2 is 1.74 bits per heavy atom. The predicted octanol–water partition coefficient (Wildman–Crippen LogP) is 2.43.